The number of rotatable bonds is 6. The molecular weight excluding hydrogens is 336 g/mol. The van der Waals surface area contributed by atoms with Crippen molar-refractivity contribution in [1.82, 2.24) is 5.16 Å². The highest BCUT2D eigenvalue weighted by atomic mass is 16.5. The zero-order chi connectivity index (χ0) is 20.3. The van der Waals surface area contributed by atoms with Crippen molar-refractivity contribution in [3.63, 3.8) is 0 Å². The van der Waals surface area contributed by atoms with E-state index in [1.807, 2.05) is 45.9 Å². The van der Waals surface area contributed by atoms with Crippen molar-refractivity contribution < 1.29 is 9.32 Å². The van der Waals surface area contributed by atoms with Crippen molar-refractivity contribution in [2.75, 3.05) is 0 Å². The molecule has 1 aromatic carbocycles. The van der Waals surface area contributed by atoms with E-state index in [0.29, 0.717) is 5.56 Å². The molecule has 0 fully saturated rings. The summed E-state index contributed by atoms with van der Waals surface area (Å²) >= 11 is 0. The molecule has 2 rings (SSSR count). The number of allylic oxidation sites excluding steroid dienone is 5. The van der Waals surface area contributed by atoms with Crippen LogP contribution in [-0.4, -0.2) is 11.1 Å². The average molecular weight is 364 g/mol. The van der Waals surface area contributed by atoms with Crippen LogP contribution in [-0.2, 0) is 0 Å². The lowest BCUT2D eigenvalue weighted by molar-refractivity contribution is 0.1000. The molecule has 0 saturated carbocycles. The Morgan fingerprint density at radius 2 is 1.96 bits per heavy atom. The minimum absolute atomic E-state index is 0.187. The topological polar surface area (TPSA) is 69.1 Å². The number of carbonyl (C=O) groups is 1. The van der Waals surface area contributed by atoms with Gasteiger partial charge in [-0.25, -0.2) is 0 Å². The Labute approximate surface area is 161 Å². The highest BCUT2D eigenvalue weighted by Crippen LogP contribution is 2.37. The second-order valence-corrected chi connectivity index (χ2v) is 7.01. The van der Waals surface area contributed by atoms with Crippen LogP contribution in [0.2, 0.25) is 0 Å². The summed E-state index contributed by atoms with van der Waals surface area (Å²) in [5.41, 5.74) is 12.7. The van der Waals surface area contributed by atoms with Crippen LogP contribution < -0.4 is 5.73 Å². The Kier molecular flexibility index (Phi) is 6.21. The van der Waals surface area contributed by atoms with E-state index in [9.17, 15) is 4.79 Å². The number of nitrogens with two attached hydrogens (primary N) is 1. The van der Waals surface area contributed by atoms with Gasteiger partial charge in [0.25, 0.3) is 0 Å². The molecule has 4 heteroatoms. The van der Waals surface area contributed by atoms with Crippen LogP contribution in [0.3, 0.4) is 0 Å². The molecule has 2 N–H and O–H groups in total. The monoisotopic (exact) mass is 364 g/mol. The van der Waals surface area contributed by atoms with Gasteiger partial charge in [-0.3, -0.25) is 4.79 Å². The van der Waals surface area contributed by atoms with Gasteiger partial charge in [-0.05, 0) is 67.5 Å². The number of amides is 1. The summed E-state index contributed by atoms with van der Waals surface area (Å²) in [5.74, 6) is 0.440. The van der Waals surface area contributed by atoms with Gasteiger partial charge in [-0.1, -0.05) is 49.9 Å². The van der Waals surface area contributed by atoms with Crippen LogP contribution >= 0.6 is 0 Å². The maximum atomic E-state index is 12.4. The quantitative estimate of drug-likeness (QED) is 0.667. The molecule has 0 spiro atoms. The summed E-state index contributed by atoms with van der Waals surface area (Å²) in [6.07, 6.45) is 5.77. The fourth-order valence-electron chi connectivity index (χ4n) is 3.45. The largest absolute Gasteiger partial charge is 0.366 e. The molecule has 1 aromatic heterocycles. The summed E-state index contributed by atoms with van der Waals surface area (Å²) in [7, 11) is 0. The molecule has 0 atom stereocenters. The number of benzene rings is 1. The zero-order valence-electron chi connectivity index (χ0n) is 17.0. The van der Waals surface area contributed by atoms with Crippen LogP contribution in [0.1, 0.15) is 66.6 Å². The molecule has 0 aliphatic heterocycles. The molecule has 1 amide bonds. The number of nitrogens with zero attached hydrogens (tertiary/aromatic N) is 1. The van der Waals surface area contributed by atoms with E-state index in [1.165, 1.54) is 0 Å². The standard InChI is InChI=1S/C23H28N2O2/c1-8-10-14(5)18(9-2)22-19(13(3)4)11-17(12-20(22)23(24)26)21-15(6)25-27-16(21)7/h8-13H,2H2,1,3-7H3,(H2,24,26)/b10-8-,18-14+. The van der Waals surface area contributed by atoms with Gasteiger partial charge >= 0.3 is 0 Å². The van der Waals surface area contributed by atoms with E-state index >= 15 is 0 Å². The van der Waals surface area contributed by atoms with Gasteiger partial charge in [-0.2, -0.15) is 0 Å². The molecule has 0 saturated heterocycles. The van der Waals surface area contributed by atoms with Crippen LogP contribution in [0.15, 0.2) is 47.0 Å². The molecule has 27 heavy (non-hydrogen) atoms. The fraction of sp³-hybridized carbons (Fsp3) is 0.304. The highest BCUT2D eigenvalue weighted by Gasteiger charge is 2.22. The van der Waals surface area contributed by atoms with Gasteiger partial charge in [-0.15, -0.1) is 0 Å². The average Bonchev–Trinajstić information content (AvgIpc) is 2.94. The minimum atomic E-state index is -0.465. The van der Waals surface area contributed by atoms with Crippen molar-refractivity contribution in [3.05, 3.63) is 70.7 Å². The van der Waals surface area contributed by atoms with E-state index < -0.39 is 5.91 Å². The van der Waals surface area contributed by atoms with Gasteiger partial charge in [0.1, 0.15) is 5.76 Å². The summed E-state index contributed by atoms with van der Waals surface area (Å²) in [6.45, 7) is 15.9. The molecule has 0 unspecified atom stereocenters. The van der Waals surface area contributed by atoms with Gasteiger partial charge in [0, 0.05) is 11.1 Å². The van der Waals surface area contributed by atoms with Crippen LogP contribution in [0.25, 0.3) is 16.7 Å². The number of hydrogen-bond acceptors (Lipinski definition) is 3. The molecule has 0 radical (unpaired) electrons. The van der Waals surface area contributed by atoms with Crippen molar-refractivity contribution in [2.45, 2.75) is 47.5 Å². The lowest BCUT2D eigenvalue weighted by Crippen LogP contribution is -2.16. The Balaban J connectivity index is 2.95. The van der Waals surface area contributed by atoms with Crippen LogP contribution in [0, 0.1) is 13.8 Å². The first-order chi connectivity index (χ1) is 12.7. The third kappa shape index (κ3) is 3.95. The van der Waals surface area contributed by atoms with Crippen molar-refractivity contribution in [2.24, 2.45) is 5.73 Å². The normalized spacial score (nSPS) is 12.6. The number of aromatic nitrogens is 1. The fourth-order valence-corrected chi connectivity index (χ4v) is 3.45. The smallest absolute Gasteiger partial charge is 0.249 e. The molecule has 0 aliphatic rings. The third-order valence-electron chi connectivity index (χ3n) is 4.69. The van der Waals surface area contributed by atoms with Crippen molar-refractivity contribution >= 4 is 11.5 Å². The van der Waals surface area contributed by atoms with Gasteiger partial charge in [0.15, 0.2) is 0 Å². The van der Waals surface area contributed by atoms with Gasteiger partial charge in [0.05, 0.1) is 5.69 Å². The molecule has 1 heterocycles. The van der Waals surface area contributed by atoms with Crippen LogP contribution in [0.4, 0.5) is 0 Å². The lowest BCUT2D eigenvalue weighted by Gasteiger charge is -2.20. The Bertz CT molecular complexity index is 924. The highest BCUT2D eigenvalue weighted by molar-refractivity contribution is 6.02. The SMILES string of the molecule is C=C/C(=C(C)\C=C/C)c1c(C(N)=O)cc(-c2c(C)noc2C)cc1C(C)C. The first kappa shape index (κ1) is 20.4. The van der Waals surface area contributed by atoms with E-state index in [0.717, 1.165) is 44.9 Å². The molecule has 4 nitrogen and oxygen atoms in total. The molecular formula is C23H28N2O2. The molecule has 142 valence electrons. The van der Waals surface area contributed by atoms with E-state index in [1.54, 1.807) is 6.08 Å². The first-order valence-corrected chi connectivity index (χ1v) is 9.10. The molecule has 0 bridgehead atoms. The van der Waals surface area contributed by atoms with E-state index in [-0.39, 0.29) is 5.92 Å². The Morgan fingerprint density at radius 1 is 1.30 bits per heavy atom. The lowest BCUT2D eigenvalue weighted by atomic mass is 9.83. The van der Waals surface area contributed by atoms with Gasteiger partial charge < -0.3 is 10.3 Å². The minimum Gasteiger partial charge on any atom is -0.366 e. The molecule has 0 aliphatic carbocycles. The first-order valence-electron chi connectivity index (χ1n) is 9.10. The summed E-state index contributed by atoms with van der Waals surface area (Å²) < 4.78 is 5.32. The Morgan fingerprint density at radius 3 is 2.41 bits per heavy atom. The zero-order valence-corrected chi connectivity index (χ0v) is 17.0. The predicted octanol–water partition coefficient (Wildman–Crippen LogP) is 5.72. The molecule has 2 aromatic rings. The number of aryl methyl sites for hydroxylation is 2. The van der Waals surface area contributed by atoms with E-state index in [4.69, 9.17) is 10.3 Å². The Hall–Kier alpha value is -2.88. The maximum Gasteiger partial charge on any atom is 0.249 e. The number of primary amides is 1. The summed E-state index contributed by atoms with van der Waals surface area (Å²) in [4.78, 5) is 12.4. The number of carbonyl (C=O) groups excluding carboxylic acids is 1. The number of hydrogen-bond donors (Lipinski definition) is 1. The summed E-state index contributed by atoms with van der Waals surface area (Å²) in [6, 6.07) is 3.94. The summed E-state index contributed by atoms with van der Waals surface area (Å²) in [5, 5.41) is 4.04. The van der Waals surface area contributed by atoms with Crippen molar-refractivity contribution in [3.8, 4) is 11.1 Å². The predicted molar refractivity (Wildman–Crippen MR) is 112 cm³/mol. The maximum absolute atomic E-state index is 12.4. The van der Waals surface area contributed by atoms with Crippen LogP contribution in [0.5, 0.6) is 0 Å². The second kappa shape index (κ2) is 8.21. The van der Waals surface area contributed by atoms with Crippen molar-refractivity contribution in [1.29, 1.82) is 0 Å². The third-order valence-corrected chi connectivity index (χ3v) is 4.69. The second-order valence-electron chi connectivity index (χ2n) is 7.01. The van der Waals surface area contributed by atoms with E-state index in [2.05, 4.69) is 31.6 Å². The van der Waals surface area contributed by atoms with Gasteiger partial charge in [0.2, 0.25) is 5.91 Å².